The molecule has 0 amide bonds. The Balaban J connectivity index is 2.39. The molecule has 6 heteroatoms. The fraction of sp³-hybridized carbons (Fsp3) is 0.214. The summed E-state index contributed by atoms with van der Waals surface area (Å²) in [6, 6.07) is 7.02. The minimum atomic E-state index is -4.49. The summed E-state index contributed by atoms with van der Waals surface area (Å²) in [7, 11) is 0. The van der Waals surface area contributed by atoms with Gasteiger partial charge in [0.1, 0.15) is 10.9 Å². The molecule has 20 heavy (non-hydrogen) atoms. The zero-order chi connectivity index (χ0) is 14.9. The number of ether oxygens (including phenoxy) is 1. The van der Waals surface area contributed by atoms with Crippen LogP contribution in [0.15, 0.2) is 30.3 Å². The standard InChI is InChI=1S/C14H11ClF3NO/c1-8-3-4-9(2)11(5-8)20-13-7-10(14(16,17)18)6-12(15)19-13/h3-7H,1-2H3. The second-order valence-corrected chi connectivity index (χ2v) is 4.77. The lowest BCUT2D eigenvalue weighted by Gasteiger charge is -2.12. The molecule has 0 aliphatic carbocycles. The van der Waals surface area contributed by atoms with Crippen molar-refractivity contribution in [2.75, 3.05) is 0 Å². The van der Waals surface area contributed by atoms with Crippen LogP contribution in [-0.2, 0) is 6.18 Å². The Morgan fingerprint density at radius 3 is 2.45 bits per heavy atom. The Bertz CT molecular complexity index is 641. The van der Waals surface area contributed by atoms with E-state index in [1.807, 2.05) is 19.1 Å². The number of aromatic nitrogens is 1. The fourth-order valence-corrected chi connectivity index (χ4v) is 1.82. The molecule has 1 aromatic heterocycles. The summed E-state index contributed by atoms with van der Waals surface area (Å²) in [5, 5.41) is -0.264. The van der Waals surface area contributed by atoms with Gasteiger partial charge >= 0.3 is 6.18 Å². The van der Waals surface area contributed by atoms with Crippen LogP contribution in [0.2, 0.25) is 5.15 Å². The third kappa shape index (κ3) is 3.42. The summed E-state index contributed by atoms with van der Waals surface area (Å²) in [6.45, 7) is 3.66. The molecule has 1 heterocycles. The van der Waals surface area contributed by atoms with Gasteiger partial charge in [0, 0.05) is 6.07 Å². The van der Waals surface area contributed by atoms with Gasteiger partial charge in [-0.2, -0.15) is 13.2 Å². The molecule has 0 spiro atoms. The highest BCUT2D eigenvalue weighted by molar-refractivity contribution is 6.29. The van der Waals surface area contributed by atoms with Crippen LogP contribution in [-0.4, -0.2) is 4.98 Å². The van der Waals surface area contributed by atoms with E-state index in [9.17, 15) is 13.2 Å². The smallest absolute Gasteiger partial charge is 0.416 e. The molecular weight excluding hydrogens is 291 g/mol. The minimum absolute atomic E-state index is 0.182. The molecule has 0 aliphatic rings. The predicted molar refractivity (Wildman–Crippen MR) is 70.2 cm³/mol. The molecule has 0 aliphatic heterocycles. The first kappa shape index (κ1) is 14.7. The highest BCUT2D eigenvalue weighted by atomic mass is 35.5. The first-order valence-corrected chi connectivity index (χ1v) is 6.13. The summed E-state index contributed by atoms with van der Waals surface area (Å²) < 4.78 is 43.5. The number of nitrogens with zero attached hydrogens (tertiary/aromatic N) is 1. The first-order chi connectivity index (χ1) is 9.25. The minimum Gasteiger partial charge on any atom is -0.439 e. The van der Waals surface area contributed by atoms with Crippen molar-refractivity contribution in [3.05, 3.63) is 52.2 Å². The number of hydrogen-bond acceptors (Lipinski definition) is 2. The molecule has 2 nitrogen and oxygen atoms in total. The summed E-state index contributed by atoms with van der Waals surface area (Å²) in [5.74, 6) is 0.270. The molecule has 1 aromatic carbocycles. The Morgan fingerprint density at radius 2 is 1.80 bits per heavy atom. The van der Waals surface area contributed by atoms with Crippen molar-refractivity contribution < 1.29 is 17.9 Å². The SMILES string of the molecule is Cc1ccc(C)c(Oc2cc(C(F)(F)F)cc(Cl)n2)c1. The molecule has 0 atom stereocenters. The van der Waals surface area contributed by atoms with Crippen LogP contribution in [0.4, 0.5) is 13.2 Å². The Kier molecular flexibility index (Phi) is 3.90. The summed E-state index contributed by atoms with van der Waals surface area (Å²) in [6.07, 6.45) is -4.49. The van der Waals surface area contributed by atoms with E-state index in [-0.39, 0.29) is 11.0 Å². The summed E-state index contributed by atoms with van der Waals surface area (Å²) >= 11 is 5.60. The van der Waals surface area contributed by atoms with E-state index in [4.69, 9.17) is 16.3 Å². The zero-order valence-electron chi connectivity index (χ0n) is 10.8. The van der Waals surface area contributed by atoms with E-state index in [1.54, 1.807) is 13.0 Å². The summed E-state index contributed by atoms with van der Waals surface area (Å²) in [5.41, 5.74) is 0.840. The van der Waals surface area contributed by atoms with Crippen LogP contribution >= 0.6 is 11.6 Å². The van der Waals surface area contributed by atoms with Gasteiger partial charge in [-0.1, -0.05) is 23.7 Å². The van der Waals surface area contributed by atoms with Gasteiger partial charge in [0.25, 0.3) is 0 Å². The Hall–Kier alpha value is -1.75. The van der Waals surface area contributed by atoms with Crippen molar-refractivity contribution in [3.63, 3.8) is 0 Å². The highest BCUT2D eigenvalue weighted by Gasteiger charge is 2.31. The van der Waals surface area contributed by atoms with Crippen molar-refractivity contribution >= 4 is 11.6 Å². The number of pyridine rings is 1. The third-order valence-corrected chi connectivity index (χ3v) is 2.85. The third-order valence-electron chi connectivity index (χ3n) is 2.66. The van der Waals surface area contributed by atoms with Crippen LogP contribution in [0.5, 0.6) is 11.6 Å². The maximum atomic E-state index is 12.7. The number of benzene rings is 1. The number of hydrogen-bond donors (Lipinski definition) is 0. The molecule has 2 aromatic rings. The van der Waals surface area contributed by atoms with E-state index < -0.39 is 11.7 Å². The zero-order valence-corrected chi connectivity index (χ0v) is 11.5. The number of rotatable bonds is 2. The molecule has 0 fully saturated rings. The van der Waals surface area contributed by atoms with Crippen molar-refractivity contribution in [1.82, 2.24) is 4.98 Å². The largest absolute Gasteiger partial charge is 0.439 e. The van der Waals surface area contributed by atoms with Gasteiger partial charge in [-0.25, -0.2) is 4.98 Å². The second-order valence-electron chi connectivity index (χ2n) is 4.39. The van der Waals surface area contributed by atoms with Gasteiger partial charge in [-0.05, 0) is 37.1 Å². The number of halogens is 4. The second kappa shape index (κ2) is 5.32. The van der Waals surface area contributed by atoms with Gasteiger partial charge in [0.2, 0.25) is 5.88 Å². The molecular formula is C14H11ClF3NO. The average Bonchev–Trinajstić information content (AvgIpc) is 2.32. The quantitative estimate of drug-likeness (QED) is 0.715. The van der Waals surface area contributed by atoms with E-state index >= 15 is 0 Å². The Labute approximate surface area is 119 Å². The van der Waals surface area contributed by atoms with Crippen LogP contribution in [0, 0.1) is 13.8 Å². The normalized spacial score (nSPS) is 11.5. The average molecular weight is 302 g/mol. The first-order valence-electron chi connectivity index (χ1n) is 5.75. The molecule has 0 saturated carbocycles. The van der Waals surface area contributed by atoms with Crippen molar-refractivity contribution in [2.24, 2.45) is 0 Å². The lowest BCUT2D eigenvalue weighted by Crippen LogP contribution is -2.06. The van der Waals surface area contributed by atoms with Gasteiger partial charge in [-0.3, -0.25) is 0 Å². The van der Waals surface area contributed by atoms with E-state index in [1.165, 1.54) is 0 Å². The van der Waals surface area contributed by atoms with Crippen molar-refractivity contribution in [1.29, 1.82) is 0 Å². The molecule has 0 radical (unpaired) electrons. The van der Waals surface area contributed by atoms with Crippen LogP contribution in [0.1, 0.15) is 16.7 Å². The summed E-state index contributed by atoms with van der Waals surface area (Å²) in [4.78, 5) is 3.76. The van der Waals surface area contributed by atoms with E-state index in [2.05, 4.69) is 4.98 Å². The molecule has 0 saturated heterocycles. The van der Waals surface area contributed by atoms with Gasteiger partial charge in [0.05, 0.1) is 5.56 Å². The molecule has 0 bridgehead atoms. The van der Waals surface area contributed by atoms with Crippen molar-refractivity contribution in [2.45, 2.75) is 20.0 Å². The molecule has 0 N–H and O–H groups in total. The van der Waals surface area contributed by atoms with Gasteiger partial charge < -0.3 is 4.74 Å². The predicted octanol–water partition coefficient (Wildman–Crippen LogP) is 5.16. The van der Waals surface area contributed by atoms with Crippen LogP contribution in [0.3, 0.4) is 0 Å². The number of aryl methyl sites for hydroxylation is 2. The molecule has 106 valence electrons. The fourth-order valence-electron chi connectivity index (χ4n) is 1.62. The topological polar surface area (TPSA) is 22.1 Å². The van der Waals surface area contributed by atoms with E-state index in [0.29, 0.717) is 5.75 Å². The molecule has 2 rings (SSSR count). The Morgan fingerprint density at radius 1 is 1.10 bits per heavy atom. The van der Waals surface area contributed by atoms with E-state index in [0.717, 1.165) is 23.3 Å². The molecule has 0 unspecified atom stereocenters. The lowest BCUT2D eigenvalue weighted by molar-refractivity contribution is -0.137. The van der Waals surface area contributed by atoms with Gasteiger partial charge in [0.15, 0.2) is 0 Å². The number of alkyl halides is 3. The van der Waals surface area contributed by atoms with Crippen LogP contribution < -0.4 is 4.74 Å². The maximum absolute atomic E-state index is 12.7. The van der Waals surface area contributed by atoms with Crippen molar-refractivity contribution in [3.8, 4) is 11.6 Å². The lowest BCUT2D eigenvalue weighted by atomic mass is 10.1. The van der Waals surface area contributed by atoms with Gasteiger partial charge in [-0.15, -0.1) is 0 Å². The van der Waals surface area contributed by atoms with Crippen LogP contribution in [0.25, 0.3) is 0 Å². The maximum Gasteiger partial charge on any atom is 0.416 e. The highest BCUT2D eigenvalue weighted by Crippen LogP contribution is 2.34. The monoisotopic (exact) mass is 301 g/mol.